The molecule has 0 spiro atoms. The molecule has 5 heteroatoms. The normalized spacial score (nSPS) is 10.5. The molecule has 100 valence electrons. The minimum atomic E-state index is -0.435. The summed E-state index contributed by atoms with van der Waals surface area (Å²) in [7, 11) is 0. The summed E-state index contributed by atoms with van der Waals surface area (Å²) in [5.74, 6) is 0.151. The van der Waals surface area contributed by atoms with Crippen molar-refractivity contribution in [1.82, 2.24) is 0 Å². The smallest absolute Gasteiger partial charge is 0.341 e. The molecular weight excluding hydrogens is 298 g/mol. The van der Waals surface area contributed by atoms with Crippen LogP contribution in [0.1, 0.15) is 37.6 Å². The average molecular weight is 316 g/mol. The Morgan fingerprint density at radius 1 is 1.44 bits per heavy atom. The van der Waals surface area contributed by atoms with Crippen molar-refractivity contribution < 1.29 is 14.3 Å². The zero-order valence-electron chi connectivity index (χ0n) is 10.8. The zero-order chi connectivity index (χ0) is 13.7. The van der Waals surface area contributed by atoms with Crippen molar-refractivity contribution in [3.05, 3.63) is 22.2 Å². The summed E-state index contributed by atoms with van der Waals surface area (Å²) in [6.45, 7) is 6.14. The number of carbonyl (C=O) groups is 1. The molecule has 0 radical (unpaired) electrons. The minimum Gasteiger partial charge on any atom is -0.490 e. The van der Waals surface area contributed by atoms with E-state index >= 15 is 0 Å². The maximum atomic E-state index is 11.9. The van der Waals surface area contributed by atoms with Gasteiger partial charge in [-0.15, -0.1) is 0 Å². The summed E-state index contributed by atoms with van der Waals surface area (Å²) in [5, 5.41) is 0. The van der Waals surface area contributed by atoms with E-state index in [1.165, 1.54) is 0 Å². The molecule has 0 aromatic heterocycles. The molecule has 0 aliphatic carbocycles. The first-order valence-electron chi connectivity index (χ1n) is 5.89. The SMILES string of the molecule is CCCOC(=O)c1c(N)ccc(OC(C)C)c1Br. The van der Waals surface area contributed by atoms with E-state index < -0.39 is 5.97 Å². The minimum absolute atomic E-state index is 0.0180. The molecule has 18 heavy (non-hydrogen) atoms. The standard InChI is InChI=1S/C13H18BrNO3/c1-4-7-17-13(16)11-9(15)5-6-10(12(11)14)18-8(2)3/h5-6,8H,4,7,15H2,1-3H3. The topological polar surface area (TPSA) is 61.5 Å². The Bertz CT molecular complexity index is 432. The monoisotopic (exact) mass is 315 g/mol. The first-order chi connectivity index (χ1) is 8.47. The van der Waals surface area contributed by atoms with Crippen LogP contribution < -0.4 is 10.5 Å². The van der Waals surface area contributed by atoms with Crippen molar-refractivity contribution in [3.8, 4) is 5.75 Å². The Balaban J connectivity index is 3.05. The number of nitrogens with two attached hydrogens (primary N) is 1. The van der Waals surface area contributed by atoms with Crippen molar-refractivity contribution in [3.63, 3.8) is 0 Å². The van der Waals surface area contributed by atoms with Crippen LogP contribution in [-0.4, -0.2) is 18.7 Å². The Morgan fingerprint density at radius 2 is 2.11 bits per heavy atom. The number of halogens is 1. The molecule has 0 atom stereocenters. The first kappa shape index (κ1) is 14.8. The van der Waals surface area contributed by atoms with E-state index in [9.17, 15) is 4.79 Å². The van der Waals surface area contributed by atoms with E-state index in [4.69, 9.17) is 15.2 Å². The van der Waals surface area contributed by atoms with Gasteiger partial charge >= 0.3 is 5.97 Å². The summed E-state index contributed by atoms with van der Waals surface area (Å²) in [5.41, 5.74) is 6.50. The van der Waals surface area contributed by atoms with Crippen LogP contribution in [0.2, 0.25) is 0 Å². The van der Waals surface area contributed by atoms with Crippen LogP contribution in [0.5, 0.6) is 5.75 Å². The van der Waals surface area contributed by atoms with Crippen LogP contribution in [0.3, 0.4) is 0 Å². The number of esters is 1. The number of hydrogen-bond donors (Lipinski definition) is 1. The summed E-state index contributed by atoms with van der Waals surface area (Å²) in [6, 6.07) is 3.38. The summed E-state index contributed by atoms with van der Waals surface area (Å²) < 4.78 is 11.2. The lowest BCUT2D eigenvalue weighted by Crippen LogP contribution is -2.12. The largest absolute Gasteiger partial charge is 0.490 e. The molecule has 1 aromatic carbocycles. The van der Waals surface area contributed by atoms with E-state index in [1.54, 1.807) is 12.1 Å². The summed E-state index contributed by atoms with van der Waals surface area (Å²) in [4.78, 5) is 11.9. The Kier molecular flexibility index (Phi) is 5.47. The van der Waals surface area contributed by atoms with Crippen LogP contribution in [0, 0.1) is 0 Å². The number of rotatable bonds is 5. The van der Waals surface area contributed by atoms with E-state index in [0.717, 1.165) is 6.42 Å². The van der Waals surface area contributed by atoms with Crippen LogP contribution in [-0.2, 0) is 4.74 Å². The molecular formula is C13H18BrNO3. The maximum absolute atomic E-state index is 11.9. The second-order valence-corrected chi connectivity index (χ2v) is 4.94. The highest BCUT2D eigenvalue weighted by Crippen LogP contribution is 2.33. The van der Waals surface area contributed by atoms with Gasteiger partial charge in [0, 0.05) is 5.69 Å². The summed E-state index contributed by atoms with van der Waals surface area (Å²) >= 11 is 3.35. The fourth-order valence-corrected chi connectivity index (χ4v) is 2.01. The van der Waals surface area contributed by atoms with Crippen LogP contribution in [0.15, 0.2) is 16.6 Å². The molecule has 0 unspecified atom stereocenters. The van der Waals surface area contributed by atoms with E-state index in [1.807, 2.05) is 20.8 Å². The van der Waals surface area contributed by atoms with Crippen molar-refractivity contribution in [2.45, 2.75) is 33.3 Å². The first-order valence-corrected chi connectivity index (χ1v) is 6.68. The highest BCUT2D eigenvalue weighted by Gasteiger charge is 2.19. The third-order valence-corrected chi connectivity index (χ3v) is 2.93. The highest BCUT2D eigenvalue weighted by molar-refractivity contribution is 9.10. The van der Waals surface area contributed by atoms with Crippen molar-refractivity contribution in [1.29, 1.82) is 0 Å². The molecule has 0 amide bonds. The molecule has 0 aliphatic heterocycles. The number of nitrogen functional groups attached to an aromatic ring is 1. The zero-order valence-corrected chi connectivity index (χ0v) is 12.4. The van der Waals surface area contributed by atoms with Gasteiger partial charge in [0.25, 0.3) is 0 Å². The van der Waals surface area contributed by atoms with Gasteiger partial charge < -0.3 is 15.2 Å². The van der Waals surface area contributed by atoms with Gasteiger partial charge in [-0.25, -0.2) is 4.79 Å². The lowest BCUT2D eigenvalue weighted by molar-refractivity contribution is 0.0504. The van der Waals surface area contributed by atoms with Crippen molar-refractivity contribution in [2.24, 2.45) is 0 Å². The van der Waals surface area contributed by atoms with Gasteiger partial charge in [0.2, 0.25) is 0 Å². The molecule has 1 rings (SSSR count). The Labute approximate surface area is 116 Å². The molecule has 4 nitrogen and oxygen atoms in total. The van der Waals surface area contributed by atoms with Crippen LogP contribution in [0.25, 0.3) is 0 Å². The van der Waals surface area contributed by atoms with Gasteiger partial charge in [-0.3, -0.25) is 0 Å². The van der Waals surface area contributed by atoms with E-state index in [2.05, 4.69) is 15.9 Å². The van der Waals surface area contributed by atoms with Gasteiger partial charge in [-0.1, -0.05) is 6.92 Å². The average Bonchev–Trinajstić information content (AvgIpc) is 2.30. The van der Waals surface area contributed by atoms with E-state index in [0.29, 0.717) is 28.1 Å². The van der Waals surface area contributed by atoms with Gasteiger partial charge in [-0.2, -0.15) is 0 Å². The maximum Gasteiger partial charge on any atom is 0.341 e. The molecule has 0 saturated heterocycles. The van der Waals surface area contributed by atoms with Gasteiger partial charge in [0.15, 0.2) is 0 Å². The predicted octanol–water partition coefficient (Wildman–Crippen LogP) is 3.39. The molecule has 1 aromatic rings. The van der Waals surface area contributed by atoms with Gasteiger partial charge in [-0.05, 0) is 48.3 Å². The molecule has 0 fully saturated rings. The third kappa shape index (κ3) is 3.63. The number of hydrogen-bond acceptors (Lipinski definition) is 4. The molecule has 0 bridgehead atoms. The lowest BCUT2D eigenvalue weighted by Gasteiger charge is -2.15. The third-order valence-electron chi connectivity index (χ3n) is 2.14. The highest BCUT2D eigenvalue weighted by atomic mass is 79.9. The second-order valence-electron chi connectivity index (χ2n) is 4.14. The molecule has 0 heterocycles. The van der Waals surface area contributed by atoms with E-state index in [-0.39, 0.29) is 6.10 Å². The quantitative estimate of drug-likeness (QED) is 0.668. The molecule has 2 N–H and O–H groups in total. The fraction of sp³-hybridized carbons (Fsp3) is 0.462. The van der Waals surface area contributed by atoms with Gasteiger partial charge in [0.05, 0.1) is 17.2 Å². The lowest BCUT2D eigenvalue weighted by atomic mass is 10.1. The number of ether oxygens (including phenoxy) is 2. The van der Waals surface area contributed by atoms with Gasteiger partial charge in [0.1, 0.15) is 11.3 Å². The number of anilines is 1. The Morgan fingerprint density at radius 3 is 2.67 bits per heavy atom. The number of carbonyl (C=O) groups excluding carboxylic acids is 1. The van der Waals surface area contributed by atoms with Crippen LogP contribution in [0.4, 0.5) is 5.69 Å². The number of benzene rings is 1. The predicted molar refractivity (Wildman–Crippen MR) is 74.9 cm³/mol. The van der Waals surface area contributed by atoms with Crippen LogP contribution >= 0.6 is 15.9 Å². The molecule has 0 saturated carbocycles. The Hall–Kier alpha value is -1.23. The second kappa shape index (κ2) is 6.64. The fourth-order valence-electron chi connectivity index (χ4n) is 1.39. The van der Waals surface area contributed by atoms with Crippen molar-refractivity contribution in [2.75, 3.05) is 12.3 Å². The van der Waals surface area contributed by atoms with Crippen molar-refractivity contribution >= 4 is 27.6 Å². The molecule has 0 aliphatic rings. The summed E-state index contributed by atoms with van der Waals surface area (Å²) in [6.07, 6.45) is 0.787.